The van der Waals surface area contributed by atoms with E-state index in [1.807, 2.05) is 18.3 Å². The van der Waals surface area contributed by atoms with Crippen LogP contribution in [-0.4, -0.2) is 9.55 Å². The molecular formula is C13H13ClN2. The van der Waals surface area contributed by atoms with Gasteiger partial charge in [-0.3, -0.25) is 0 Å². The molecule has 0 fully saturated rings. The molecule has 0 bridgehead atoms. The number of fused-ring (bicyclic) bond motifs is 1. The number of halogens is 1. The molecule has 3 heteroatoms. The van der Waals surface area contributed by atoms with Crippen LogP contribution in [-0.2, 0) is 13.0 Å². The van der Waals surface area contributed by atoms with Gasteiger partial charge in [-0.2, -0.15) is 0 Å². The average molecular weight is 233 g/mol. The van der Waals surface area contributed by atoms with Crippen molar-refractivity contribution in [2.75, 3.05) is 0 Å². The lowest BCUT2D eigenvalue weighted by molar-refractivity contribution is 0.526. The highest BCUT2D eigenvalue weighted by Crippen LogP contribution is 2.25. The highest BCUT2D eigenvalue weighted by atomic mass is 35.5. The lowest BCUT2D eigenvalue weighted by Crippen LogP contribution is -2.11. The first-order valence-corrected chi connectivity index (χ1v) is 6.03. The van der Waals surface area contributed by atoms with Gasteiger partial charge in [0.15, 0.2) is 0 Å². The summed E-state index contributed by atoms with van der Waals surface area (Å²) in [6.07, 6.45) is 5.60. The summed E-state index contributed by atoms with van der Waals surface area (Å²) in [5.74, 6) is 1.22. The van der Waals surface area contributed by atoms with Crippen molar-refractivity contribution in [3.8, 4) is 11.3 Å². The van der Waals surface area contributed by atoms with Crippen LogP contribution in [0.2, 0.25) is 5.02 Å². The summed E-state index contributed by atoms with van der Waals surface area (Å²) in [5, 5.41) is 0.780. The van der Waals surface area contributed by atoms with Gasteiger partial charge >= 0.3 is 0 Å². The number of aryl methyl sites for hydroxylation is 1. The average Bonchev–Trinajstić information content (AvgIpc) is 2.74. The molecule has 1 aromatic carbocycles. The van der Waals surface area contributed by atoms with Crippen LogP contribution in [0.25, 0.3) is 11.3 Å². The molecule has 0 aliphatic carbocycles. The monoisotopic (exact) mass is 232 g/mol. The molecular weight excluding hydrogens is 220 g/mol. The second kappa shape index (κ2) is 3.95. The summed E-state index contributed by atoms with van der Waals surface area (Å²) in [6.45, 7) is 1.09. The lowest BCUT2D eigenvalue weighted by atomic mass is 10.1. The van der Waals surface area contributed by atoms with Crippen molar-refractivity contribution < 1.29 is 0 Å². The van der Waals surface area contributed by atoms with Gasteiger partial charge in [-0.25, -0.2) is 4.98 Å². The highest BCUT2D eigenvalue weighted by molar-refractivity contribution is 6.30. The molecule has 1 aromatic heterocycles. The fraction of sp³-hybridized carbons (Fsp3) is 0.308. The first-order valence-electron chi connectivity index (χ1n) is 5.65. The number of rotatable bonds is 1. The molecule has 0 saturated heterocycles. The fourth-order valence-corrected chi connectivity index (χ4v) is 2.39. The molecule has 2 heterocycles. The third-order valence-corrected chi connectivity index (χ3v) is 3.36. The molecule has 0 atom stereocenters. The summed E-state index contributed by atoms with van der Waals surface area (Å²) >= 11 is 5.89. The van der Waals surface area contributed by atoms with Gasteiger partial charge in [0, 0.05) is 18.0 Å². The molecule has 16 heavy (non-hydrogen) atoms. The molecule has 0 radical (unpaired) electrons. The van der Waals surface area contributed by atoms with Crippen LogP contribution >= 0.6 is 11.6 Å². The van der Waals surface area contributed by atoms with Gasteiger partial charge in [-0.1, -0.05) is 23.7 Å². The molecule has 3 rings (SSSR count). The summed E-state index contributed by atoms with van der Waals surface area (Å²) in [6, 6.07) is 7.97. The molecule has 1 aliphatic rings. The Labute approximate surface area is 99.9 Å². The van der Waals surface area contributed by atoms with Gasteiger partial charge in [0.05, 0.1) is 11.9 Å². The predicted molar refractivity (Wildman–Crippen MR) is 65.6 cm³/mol. The second-order valence-corrected chi connectivity index (χ2v) is 4.61. The van der Waals surface area contributed by atoms with Crippen LogP contribution in [0.4, 0.5) is 0 Å². The van der Waals surface area contributed by atoms with Crippen LogP contribution in [0, 0.1) is 0 Å². The Morgan fingerprint density at radius 3 is 2.75 bits per heavy atom. The smallest absolute Gasteiger partial charge is 0.109 e. The van der Waals surface area contributed by atoms with Gasteiger partial charge in [-0.05, 0) is 30.5 Å². The van der Waals surface area contributed by atoms with Gasteiger partial charge in [0.2, 0.25) is 0 Å². The number of benzene rings is 1. The Morgan fingerprint density at radius 2 is 1.94 bits per heavy atom. The van der Waals surface area contributed by atoms with Gasteiger partial charge < -0.3 is 4.57 Å². The molecule has 2 aromatic rings. The number of imidazole rings is 1. The van der Waals surface area contributed by atoms with E-state index in [1.165, 1.54) is 29.9 Å². The van der Waals surface area contributed by atoms with Crippen molar-refractivity contribution in [2.24, 2.45) is 0 Å². The van der Waals surface area contributed by atoms with E-state index in [2.05, 4.69) is 21.7 Å². The minimum Gasteiger partial charge on any atom is -0.328 e. The topological polar surface area (TPSA) is 17.8 Å². The first-order chi connectivity index (χ1) is 7.84. The standard InChI is InChI=1S/C13H13ClN2/c14-11-6-4-10(5-7-11)12-9-15-13-3-1-2-8-16(12)13/h4-7,9H,1-3,8H2. The van der Waals surface area contributed by atoms with E-state index in [1.54, 1.807) is 0 Å². The van der Waals surface area contributed by atoms with Crippen molar-refractivity contribution in [2.45, 2.75) is 25.8 Å². The van der Waals surface area contributed by atoms with Crippen molar-refractivity contribution >= 4 is 11.6 Å². The van der Waals surface area contributed by atoms with Gasteiger partial charge in [0.25, 0.3) is 0 Å². The van der Waals surface area contributed by atoms with E-state index >= 15 is 0 Å². The minimum atomic E-state index is 0.780. The largest absolute Gasteiger partial charge is 0.328 e. The van der Waals surface area contributed by atoms with Crippen LogP contribution in [0.15, 0.2) is 30.5 Å². The van der Waals surface area contributed by atoms with Crippen molar-refractivity contribution in [3.05, 3.63) is 41.3 Å². The Kier molecular flexibility index (Phi) is 2.44. The van der Waals surface area contributed by atoms with E-state index in [0.717, 1.165) is 18.0 Å². The molecule has 0 unspecified atom stereocenters. The number of hydrogen-bond donors (Lipinski definition) is 0. The zero-order valence-electron chi connectivity index (χ0n) is 8.99. The van der Waals surface area contributed by atoms with Crippen LogP contribution in [0.1, 0.15) is 18.7 Å². The van der Waals surface area contributed by atoms with Crippen LogP contribution in [0.3, 0.4) is 0 Å². The van der Waals surface area contributed by atoms with Crippen molar-refractivity contribution in [3.63, 3.8) is 0 Å². The van der Waals surface area contributed by atoms with Crippen LogP contribution in [0.5, 0.6) is 0 Å². The fourth-order valence-electron chi connectivity index (χ4n) is 2.27. The minimum absolute atomic E-state index is 0.780. The SMILES string of the molecule is Clc1ccc(-c2cnc3n2CCCC3)cc1. The van der Waals surface area contributed by atoms with E-state index in [0.29, 0.717) is 0 Å². The number of aromatic nitrogens is 2. The summed E-state index contributed by atoms with van der Waals surface area (Å²) in [7, 11) is 0. The van der Waals surface area contributed by atoms with Crippen molar-refractivity contribution in [1.82, 2.24) is 9.55 Å². The molecule has 0 amide bonds. The number of hydrogen-bond acceptors (Lipinski definition) is 1. The molecule has 82 valence electrons. The van der Waals surface area contributed by atoms with E-state index in [9.17, 15) is 0 Å². The lowest BCUT2D eigenvalue weighted by Gasteiger charge is -2.16. The van der Waals surface area contributed by atoms with Crippen molar-refractivity contribution in [1.29, 1.82) is 0 Å². The zero-order valence-corrected chi connectivity index (χ0v) is 9.74. The van der Waals surface area contributed by atoms with Crippen LogP contribution < -0.4 is 0 Å². The Hall–Kier alpha value is -1.28. The molecule has 0 spiro atoms. The number of nitrogens with zero attached hydrogens (tertiary/aromatic N) is 2. The maximum absolute atomic E-state index is 5.89. The Morgan fingerprint density at radius 1 is 1.12 bits per heavy atom. The molecule has 2 nitrogen and oxygen atoms in total. The predicted octanol–water partition coefficient (Wildman–Crippen LogP) is 3.54. The molecule has 0 N–H and O–H groups in total. The zero-order chi connectivity index (χ0) is 11.0. The third kappa shape index (κ3) is 1.63. The summed E-state index contributed by atoms with van der Waals surface area (Å²) in [5.41, 5.74) is 2.41. The molecule has 0 saturated carbocycles. The van der Waals surface area contributed by atoms with Gasteiger partial charge in [-0.15, -0.1) is 0 Å². The molecule has 1 aliphatic heterocycles. The quantitative estimate of drug-likeness (QED) is 0.736. The Balaban J connectivity index is 2.06. The third-order valence-electron chi connectivity index (χ3n) is 3.11. The summed E-state index contributed by atoms with van der Waals surface area (Å²) < 4.78 is 2.33. The summed E-state index contributed by atoms with van der Waals surface area (Å²) in [4.78, 5) is 4.49. The van der Waals surface area contributed by atoms with E-state index in [-0.39, 0.29) is 0 Å². The second-order valence-electron chi connectivity index (χ2n) is 4.18. The maximum Gasteiger partial charge on any atom is 0.109 e. The maximum atomic E-state index is 5.89. The highest BCUT2D eigenvalue weighted by Gasteiger charge is 2.14. The van der Waals surface area contributed by atoms with E-state index < -0.39 is 0 Å². The van der Waals surface area contributed by atoms with Gasteiger partial charge in [0.1, 0.15) is 5.82 Å². The van der Waals surface area contributed by atoms with E-state index in [4.69, 9.17) is 11.6 Å². The Bertz CT molecular complexity index is 499. The normalized spacial score (nSPS) is 14.8. The first kappa shape index (κ1) is 9.91.